The summed E-state index contributed by atoms with van der Waals surface area (Å²) < 4.78 is 28.0. The van der Waals surface area contributed by atoms with Crippen LogP contribution >= 0.6 is 27.3 Å². The van der Waals surface area contributed by atoms with Gasteiger partial charge in [-0.15, -0.1) is 11.3 Å². The van der Waals surface area contributed by atoms with Gasteiger partial charge in [-0.25, -0.2) is 13.1 Å². The molecule has 1 unspecified atom stereocenters. The molecule has 1 N–H and O–H groups in total. The molecule has 1 aromatic heterocycles. The van der Waals surface area contributed by atoms with E-state index in [9.17, 15) is 8.42 Å². The van der Waals surface area contributed by atoms with Gasteiger partial charge in [-0.1, -0.05) is 34.1 Å². The third-order valence-corrected chi connectivity index (χ3v) is 5.93. The van der Waals surface area contributed by atoms with Gasteiger partial charge in [0.15, 0.2) is 0 Å². The maximum absolute atomic E-state index is 12.0. The fourth-order valence-electron chi connectivity index (χ4n) is 1.53. The summed E-state index contributed by atoms with van der Waals surface area (Å²) in [5, 5.41) is 1.75. The standard InChI is InChI=1S/C12H12BrNO2S2/c1-9(10-4-6-11(13)7-5-10)14-18(15,16)12-3-2-8-17-12/h2-9,14H,1H3. The van der Waals surface area contributed by atoms with Gasteiger partial charge in [0.1, 0.15) is 4.21 Å². The number of thiophene rings is 1. The van der Waals surface area contributed by atoms with Crippen molar-refractivity contribution in [3.8, 4) is 0 Å². The minimum atomic E-state index is -3.42. The van der Waals surface area contributed by atoms with Gasteiger partial charge in [-0.3, -0.25) is 0 Å². The van der Waals surface area contributed by atoms with Gasteiger partial charge in [0.25, 0.3) is 10.0 Å². The molecule has 0 fully saturated rings. The molecular weight excluding hydrogens is 334 g/mol. The fourth-order valence-corrected chi connectivity index (χ4v) is 4.03. The molecule has 0 aliphatic heterocycles. The van der Waals surface area contributed by atoms with Gasteiger partial charge >= 0.3 is 0 Å². The Labute approximate surface area is 119 Å². The second-order valence-corrected chi connectivity index (χ2v) is 7.63. The van der Waals surface area contributed by atoms with Crippen molar-refractivity contribution in [1.82, 2.24) is 4.72 Å². The van der Waals surface area contributed by atoms with E-state index in [0.717, 1.165) is 10.0 Å². The van der Waals surface area contributed by atoms with Crippen LogP contribution in [-0.4, -0.2) is 8.42 Å². The van der Waals surface area contributed by atoms with Gasteiger partial charge in [0, 0.05) is 10.5 Å². The van der Waals surface area contributed by atoms with Crippen LogP contribution in [0.2, 0.25) is 0 Å². The Balaban J connectivity index is 2.17. The van der Waals surface area contributed by atoms with Crippen LogP contribution in [0.25, 0.3) is 0 Å². The molecular formula is C12H12BrNO2S2. The molecule has 0 bridgehead atoms. The average molecular weight is 346 g/mol. The maximum atomic E-state index is 12.0. The summed E-state index contributed by atoms with van der Waals surface area (Å²) in [5.41, 5.74) is 0.929. The van der Waals surface area contributed by atoms with Crippen molar-refractivity contribution >= 4 is 37.3 Å². The van der Waals surface area contributed by atoms with Crippen LogP contribution in [0, 0.1) is 0 Å². The first-order chi connectivity index (χ1) is 8.49. The molecule has 0 spiro atoms. The van der Waals surface area contributed by atoms with E-state index < -0.39 is 10.0 Å². The number of hydrogen-bond acceptors (Lipinski definition) is 3. The average Bonchev–Trinajstić information content (AvgIpc) is 2.83. The zero-order valence-electron chi connectivity index (χ0n) is 9.63. The quantitative estimate of drug-likeness (QED) is 0.920. The molecule has 2 aromatic rings. The van der Waals surface area contributed by atoms with E-state index in [1.165, 1.54) is 11.3 Å². The second kappa shape index (κ2) is 5.52. The number of nitrogens with one attached hydrogen (secondary N) is 1. The van der Waals surface area contributed by atoms with Crippen LogP contribution in [0.5, 0.6) is 0 Å². The molecule has 2 rings (SSSR count). The molecule has 0 saturated carbocycles. The summed E-state index contributed by atoms with van der Waals surface area (Å²) in [6.07, 6.45) is 0. The minimum Gasteiger partial charge on any atom is -0.206 e. The Bertz CT molecular complexity index is 606. The zero-order chi connectivity index (χ0) is 13.2. The third kappa shape index (κ3) is 3.20. The molecule has 1 heterocycles. The normalized spacial score (nSPS) is 13.4. The van der Waals surface area contributed by atoms with Crippen LogP contribution < -0.4 is 4.72 Å². The van der Waals surface area contributed by atoms with Crippen LogP contribution in [-0.2, 0) is 10.0 Å². The van der Waals surface area contributed by atoms with Crippen LogP contribution in [0.1, 0.15) is 18.5 Å². The van der Waals surface area contributed by atoms with Gasteiger partial charge in [-0.2, -0.15) is 0 Å². The van der Waals surface area contributed by atoms with E-state index in [-0.39, 0.29) is 6.04 Å². The largest absolute Gasteiger partial charge is 0.250 e. The van der Waals surface area contributed by atoms with Crippen molar-refractivity contribution < 1.29 is 8.42 Å². The molecule has 0 amide bonds. The molecule has 18 heavy (non-hydrogen) atoms. The lowest BCUT2D eigenvalue weighted by molar-refractivity contribution is 0.569. The molecule has 0 aliphatic rings. The van der Waals surface area contributed by atoms with Crippen molar-refractivity contribution in [2.45, 2.75) is 17.2 Å². The van der Waals surface area contributed by atoms with Crippen molar-refractivity contribution in [3.63, 3.8) is 0 Å². The zero-order valence-corrected chi connectivity index (χ0v) is 12.8. The van der Waals surface area contributed by atoms with E-state index in [1.807, 2.05) is 31.2 Å². The van der Waals surface area contributed by atoms with E-state index in [1.54, 1.807) is 17.5 Å². The predicted molar refractivity (Wildman–Crippen MR) is 77.2 cm³/mol. The first kappa shape index (κ1) is 13.7. The van der Waals surface area contributed by atoms with E-state index in [2.05, 4.69) is 20.7 Å². The summed E-state index contributed by atoms with van der Waals surface area (Å²) in [6.45, 7) is 1.83. The highest BCUT2D eigenvalue weighted by Gasteiger charge is 2.18. The molecule has 1 aromatic carbocycles. The molecule has 96 valence electrons. The van der Waals surface area contributed by atoms with Crippen LogP contribution in [0.4, 0.5) is 0 Å². The lowest BCUT2D eigenvalue weighted by atomic mass is 10.1. The van der Waals surface area contributed by atoms with Crippen molar-refractivity contribution in [2.24, 2.45) is 0 Å². The number of hydrogen-bond donors (Lipinski definition) is 1. The monoisotopic (exact) mass is 345 g/mol. The minimum absolute atomic E-state index is 0.259. The fraction of sp³-hybridized carbons (Fsp3) is 0.167. The Morgan fingerprint density at radius 3 is 2.44 bits per heavy atom. The molecule has 3 nitrogen and oxygen atoms in total. The summed E-state index contributed by atoms with van der Waals surface area (Å²) in [6, 6.07) is 10.6. The third-order valence-electron chi connectivity index (χ3n) is 2.46. The molecule has 0 aliphatic carbocycles. The lowest BCUT2D eigenvalue weighted by Gasteiger charge is -2.13. The first-order valence-corrected chi connectivity index (χ1v) is 8.46. The highest BCUT2D eigenvalue weighted by atomic mass is 79.9. The van der Waals surface area contributed by atoms with E-state index in [4.69, 9.17) is 0 Å². The van der Waals surface area contributed by atoms with Gasteiger partial charge in [0.05, 0.1) is 0 Å². The van der Waals surface area contributed by atoms with Crippen molar-refractivity contribution in [3.05, 3.63) is 51.8 Å². The maximum Gasteiger partial charge on any atom is 0.250 e. The lowest BCUT2D eigenvalue weighted by Crippen LogP contribution is -2.26. The number of sulfonamides is 1. The summed E-state index contributed by atoms with van der Waals surface area (Å²) in [7, 11) is -3.42. The van der Waals surface area contributed by atoms with Crippen molar-refractivity contribution in [1.29, 1.82) is 0 Å². The SMILES string of the molecule is CC(NS(=O)(=O)c1cccs1)c1ccc(Br)cc1. The Hall–Kier alpha value is -0.690. The topological polar surface area (TPSA) is 46.2 Å². The summed E-state index contributed by atoms with van der Waals surface area (Å²) >= 11 is 4.56. The van der Waals surface area contributed by atoms with Gasteiger partial charge in [-0.05, 0) is 36.1 Å². The molecule has 0 saturated heterocycles. The predicted octanol–water partition coefficient (Wildman–Crippen LogP) is 3.55. The first-order valence-electron chi connectivity index (χ1n) is 5.30. The Morgan fingerprint density at radius 1 is 1.22 bits per heavy atom. The highest BCUT2D eigenvalue weighted by molar-refractivity contribution is 9.10. The second-order valence-electron chi connectivity index (χ2n) is 3.83. The van der Waals surface area contributed by atoms with E-state index in [0.29, 0.717) is 4.21 Å². The van der Waals surface area contributed by atoms with Crippen LogP contribution in [0.3, 0.4) is 0 Å². The molecule has 6 heteroatoms. The number of benzene rings is 1. The summed E-state index contributed by atoms with van der Waals surface area (Å²) in [4.78, 5) is 0. The summed E-state index contributed by atoms with van der Waals surface area (Å²) in [5.74, 6) is 0. The molecule has 1 atom stereocenters. The number of halogens is 1. The Morgan fingerprint density at radius 2 is 1.89 bits per heavy atom. The molecule has 0 radical (unpaired) electrons. The van der Waals surface area contributed by atoms with Gasteiger partial charge < -0.3 is 0 Å². The van der Waals surface area contributed by atoms with E-state index >= 15 is 0 Å². The smallest absolute Gasteiger partial charge is 0.206 e. The van der Waals surface area contributed by atoms with Gasteiger partial charge in [0.2, 0.25) is 0 Å². The van der Waals surface area contributed by atoms with Crippen LogP contribution in [0.15, 0.2) is 50.5 Å². The Kier molecular flexibility index (Phi) is 4.21. The highest BCUT2D eigenvalue weighted by Crippen LogP contribution is 2.21. The van der Waals surface area contributed by atoms with Crippen molar-refractivity contribution in [2.75, 3.05) is 0 Å². The number of rotatable bonds is 4.